The third kappa shape index (κ3) is 6.74. The fraction of sp³-hybridized carbons (Fsp3) is 0.933. The van der Waals surface area contributed by atoms with Gasteiger partial charge in [-0.15, -0.1) is 0 Å². The maximum Gasteiger partial charge on any atom is 0.462 e. The second-order valence-corrected chi connectivity index (χ2v) is 6.86. The summed E-state index contributed by atoms with van der Waals surface area (Å²) in [4.78, 5) is 11.3. The molecule has 0 fully saturated rings. The Morgan fingerprint density at radius 3 is 1.44 bits per heavy atom. The van der Waals surface area contributed by atoms with Crippen LogP contribution >= 0.6 is 0 Å². The molecule has 36 heavy (non-hydrogen) atoms. The molecule has 3 atom stereocenters. The fourth-order valence-corrected chi connectivity index (χ4v) is 1.80. The van der Waals surface area contributed by atoms with Crippen LogP contribution < -0.4 is 0 Å². The van der Waals surface area contributed by atoms with Gasteiger partial charge in [0.05, 0.1) is 18.9 Å². The van der Waals surface area contributed by atoms with Crippen LogP contribution in [0.15, 0.2) is 0 Å². The Balaban J connectivity index is 6.39. The summed E-state index contributed by atoms with van der Waals surface area (Å²) in [6, 6.07) is 0. The van der Waals surface area contributed by atoms with Crippen LogP contribution in [0.25, 0.3) is 0 Å². The van der Waals surface area contributed by atoms with E-state index in [4.69, 9.17) is 0 Å². The number of esters is 1. The van der Waals surface area contributed by atoms with Gasteiger partial charge in [0.2, 0.25) is 0 Å². The Labute approximate surface area is 188 Å². The smallest absolute Gasteiger partial charge is 0.462 e. The van der Waals surface area contributed by atoms with Crippen LogP contribution in [0, 0.1) is 5.92 Å². The summed E-state index contributed by atoms with van der Waals surface area (Å²) in [7, 11) is 0. The van der Waals surface area contributed by atoms with Crippen LogP contribution in [0.2, 0.25) is 0 Å². The van der Waals surface area contributed by atoms with E-state index in [1.807, 2.05) is 0 Å². The van der Waals surface area contributed by atoms with E-state index in [1.165, 1.54) is 11.7 Å². The molecule has 0 saturated heterocycles. The highest BCUT2D eigenvalue weighted by atomic mass is 19.4. The Morgan fingerprint density at radius 1 is 0.667 bits per heavy atom. The molecule has 0 aliphatic rings. The van der Waals surface area contributed by atoms with Crippen molar-refractivity contribution in [3.05, 3.63) is 0 Å². The van der Waals surface area contributed by atoms with E-state index in [9.17, 15) is 79.4 Å². The van der Waals surface area contributed by atoms with Crippen LogP contribution in [0.3, 0.4) is 0 Å². The normalized spacial score (nSPS) is 18.9. The number of hydrogen-bond acceptors (Lipinski definition) is 4. The van der Waals surface area contributed by atoms with E-state index in [0.29, 0.717) is 0 Å². The van der Waals surface area contributed by atoms with Crippen molar-refractivity contribution >= 4 is 5.97 Å². The van der Waals surface area contributed by atoms with Crippen LogP contribution in [0.4, 0.5) is 74.6 Å². The van der Waals surface area contributed by atoms with Gasteiger partial charge in [0.1, 0.15) is 0 Å². The zero-order chi connectivity index (χ0) is 29.4. The molecule has 0 bridgehead atoms. The summed E-state index contributed by atoms with van der Waals surface area (Å²) in [5, 5.41) is 0. The largest absolute Gasteiger partial charge is 0.465 e. The standard InChI is InChI=1S/C15H13F17O4/c1-3-6(2)7(33)34-5-4-8(16,11(20,21)22)35-15(31,32)10(19,13(26,27)28)36-14(29,30)9(17,18)12(23,24)25/h6H,3-5H2,1-2H3. The van der Waals surface area contributed by atoms with Crippen LogP contribution in [0.5, 0.6) is 0 Å². The molecule has 4 nitrogen and oxygen atoms in total. The molecule has 0 saturated carbocycles. The van der Waals surface area contributed by atoms with E-state index in [0.717, 1.165) is 6.92 Å². The maximum absolute atomic E-state index is 14.2. The average Bonchev–Trinajstić information content (AvgIpc) is 2.63. The highest BCUT2D eigenvalue weighted by Crippen LogP contribution is 2.56. The quantitative estimate of drug-likeness (QED) is 0.199. The molecule has 0 N–H and O–H groups in total. The number of carbonyl (C=O) groups is 1. The van der Waals surface area contributed by atoms with Crippen molar-refractivity contribution in [3.8, 4) is 0 Å². The number of ether oxygens (including phenoxy) is 3. The molecular formula is C15H13F17O4. The molecule has 0 heterocycles. The third-order valence-electron chi connectivity index (χ3n) is 4.13. The molecule has 21 heteroatoms. The SMILES string of the molecule is CCC(C)C(=O)OCCC(F)(OC(F)(F)C(F)(OC(F)(F)C(F)(F)C(F)(F)F)C(F)(F)F)C(F)(F)F. The maximum atomic E-state index is 14.2. The zero-order valence-corrected chi connectivity index (χ0v) is 17.3. The first-order valence-corrected chi connectivity index (χ1v) is 8.81. The molecule has 0 spiro atoms. The van der Waals surface area contributed by atoms with E-state index in [2.05, 4.69) is 9.47 Å². The van der Waals surface area contributed by atoms with Crippen molar-refractivity contribution in [2.45, 2.75) is 75.1 Å². The van der Waals surface area contributed by atoms with Gasteiger partial charge in [0.25, 0.3) is 0 Å². The molecule has 0 aromatic heterocycles. The summed E-state index contributed by atoms with van der Waals surface area (Å²) < 4.78 is 228. The highest BCUT2D eigenvalue weighted by molar-refractivity contribution is 5.71. The molecule has 0 aromatic carbocycles. The highest BCUT2D eigenvalue weighted by Gasteiger charge is 2.85. The molecule has 0 amide bonds. The van der Waals surface area contributed by atoms with Gasteiger partial charge in [-0.1, -0.05) is 13.8 Å². The van der Waals surface area contributed by atoms with Crippen LogP contribution in [0.1, 0.15) is 26.7 Å². The minimum Gasteiger partial charge on any atom is -0.465 e. The summed E-state index contributed by atoms with van der Waals surface area (Å²) >= 11 is 0. The van der Waals surface area contributed by atoms with Gasteiger partial charge in [-0.3, -0.25) is 14.3 Å². The van der Waals surface area contributed by atoms with Gasteiger partial charge in [0.15, 0.2) is 0 Å². The molecule has 0 rings (SSSR count). The van der Waals surface area contributed by atoms with Gasteiger partial charge >= 0.3 is 54.3 Å². The van der Waals surface area contributed by atoms with E-state index in [-0.39, 0.29) is 6.42 Å². The Morgan fingerprint density at radius 2 is 1.11 bits per heavy atom. The van der Waals surface area contributed by atoms with Crippen LogP contribution in [-0.2, 0) is 19.0 Å². The number of hydrogen-bond donors (Lipinski definition) is 0. The van der Waals surface area contributed by atoms with E-state index in [1.54, 1.807) is 0 Å². The predicted octanol–water partition coefficient (Wildman–Crippen LogP) is 6.84. The average molecular weight is 580 g/mol. The van der Waals surface area contributed by atoms with Crippen molar-refractivity contribution in [1.82, 2.24) is 0 Å². The van der Waals surface area contributed by atoms with E-state index < -0.39 is 73.3 Å². The third-order valence-corrected chi connectivity index (χ3v) is 4.13. The Kier molecular flexibility index (Phi) is 9.65. The second-order valence-electron chi connectivity index (χ2n) is 6.86. The summed E-state index contributed by atoms with van der Waals surface area (Å²) in [6.45, 7) is 0.499. The minimum absolute atomic E-state index is 0.0441. The lowest BCUT2D eigenvalue weighted by Gasteiger charge is -2.40. The molecule has 0 aromatic rings. The number of carbonyl (C=O) groups excluding carboxylic acids is 1. The van der Waals surface area contributed by atoms with Gasteiger partial charge in [-0.25, -0.2) is 4.39 Å². The summed E-state index contributed by atoms with van der Waals surface area (Å²) in [5.74, 6) is -24.5. The van der Waals surface area contributed by atoms with Gasteiger partial charge in [-0.2, -0.15) is 70.2 Å². The Bertz CT molecular complexity index is 759. The van der Waals surface area contributed by atoms with Crippen molar-refractivity contribution in [1.29, 1.82) is 0 Å². The van der Waals surface area contributed by atoms with Crippen molar-refractivity contribution < 1.29 is 93.6 Å². The molecule has 216 valence electrons. The first-order chi connectivity index (χ1) is 15.5. The lowest BCUT2D eigenvalue weighted by Crippen LogP contribution is -2.67. The lowest BCUT2D eigenvalue weighted by molar-refractivity contribution is -0.552. The van der Waals surface area contributed by atoms with Crippen molar-refractivity contribution in [2.75, 3.05) is 6.61 Å². The first kappa shape index (κ1) is 34.2. The number of halogens is 17. The van der Waals surface area contributed by atoms with Crippen molar-refractivity contribution in [3.63, 3.8) is 0 Å². The molecule has 0 aliphatic heterocycles. The monoisotopic (exact) mass is 580 g/mol. The lowest BCUT2D eigenvalue weighted by atomic mass is 10.1. The fourth-order valence-electron chi connectivity index (χ4n) is 1.80. The van der Waals surface area contributed by atoms with Gasteiger partial charge in [-0.05, 0) is 6.42 Å². The molecular weight excluding hydrogens is 567 g/mol. The summed E-state index contributed by atoms with van der Waals surface area (Å²) in [5.41, 5.74) is 0. The number of alkyl halides is 17. The van der Waals surface area contributed by atoms with Crippen LogP contribution in [-0.4, -0.2) is 61.0 Å². The molecule has 0 radical (unpaired) electrons. The minimum atomic E-state index is -7.94. The first-order valence-electron chi connectivity index (χ1n) is 8.81. The zero-order valence-electron chi connectivity index (χ0n) is 17.3. The number of rotatable bonds is 11. The summed E-state index contributed by atoms with van der Waals surface area (Å²) in [6.07, 6.45) is -40.7. The molecule has 3 unspecified atom stereocenters. The Hall–Kier alpha value is -1.80. The van der Waals surface area contributed by atoms with Gasteiger partial charge in [0, 0.05) is 0 Å². The predicted molar refractivity (Wildman–Crippen MR) is 77.9 cm³/mol. The molecule has 0 aliphatic carbocycles. The van der Waals surface area contributed by atoms with E-state index >= 15 is 0 Å². The van der Waals surface area contributed by atoms with Crippen molar-refractivity contribution in [2.24, 2.45) is 5.92 Å². The van der Waals surface area contributed by atoms with Gasteiger partial charge < -0.3 is 4.74 Å². The second kappa shape index (κ2) is 10.2. The topological polar surface area (TPSA) is 44.8 Å².